The summed E-state index contributed by atoms with van der Waals surface area (Å²) in [7, 11) is 1.34. The van der Waals surface area contributed by atoms with E-state index in [0.29, 0.717) is 43.1 Å². The number of amides is 3. The number of halogens is 2. The molecule has 11 nitrogen and oxygen atoms in total. The van der Waals surface area contributed by atoms with Crippen LogP contribution in [-0.4, -0.2) is 100 Å². The van der Waals surface area contributed by atoms with Crippen LogP contribution in [0.1, 0.15) is 50.4 Å². The highest BCUT2D eigenvalue weighted by molar-refractivity contribution is 7.89. The van der Waals surface area contributed by atoms with Crippen molar-refractivity contribution in [1.82, 2.24) is 14.1 Å². The van der Waals surface area contributed by atoms with Gasteiger partial charge in [-0.05, 0) is 114 Å². The fourth-order valence-electron chi connectivity index (χ4n) is 5.96. The zero-order valence-corrected chi connectivity index (χ0v) is 30.9. The summed E-state index contributed by atoms with van der Waals surface area (Å²) < 4.78 is 67.7. The number of fused-ring (bicyclic) bond motifs is 1. The van der Waals surface area contributed by atoms with Crippen molar-refractivity contribution in [3.8, 4) is 5.75 Å². The molecule has 0 saturated heterocycles. The standard InChI is InChI=1S/C37H49F2N5O6S/c1-25-22-44(26(2)23-42(4)5)36(45)33-21-31(41-37(46)40-30-14-10-28(38)11-15-30)16-19-34(33)50-27(3)9-7-8-20-49-35(25)24-43(6)51(47,48)32-17-12-29(39)13-18-32/h10-19,21,25-27,35H,7-9,20,22-24H2,1-6H3,(H2,40,41,46)/t25-,26+,27+,35+/m1/s1. The third-order valence-electron chi connectivity index (χ3n) is 8.74. The van der Waals surface area contributed by atoms with E-state index in [1.54, 1.807) is 23.1 Å². The Kier molecular flexibility index (Phi) is 13.9. The van der Waals surface area contributed by atoms with Crippen LogP contribution in [-0.2, 0) is 14.8 Å². The molecular formula is C37H49F2N5O6S. The van der Waals surface area contributed by atoms with Gasteiger partial charge in [0.05, 0.1) is 22.7 Å². The van der Waals surface area contributed by atoms with Gasteiger partial charge in [0, 0.05) is 56.6 Å². The lowest BCUT2D eigenvalue weighted by Crippen LogP contribution is -2.49. The van der Waals surface area contributed by atoms with Crippen LogP contribution in [0.15, 0.2) is 71.6 Å². The molecule has 2 N–H and O–H groups in total. The Morgan fingerprint density at radius 3 is 2.20 bits per heavy atom. The molecule has 0 aromatic heterocycles. The topological polar surface area (TPSA) is 121 Å². The van der Waals surface area contributed by atoms with E-state index in [-0.39, 0.29) is 47.5 Å². The summed E-state index contributed by atoms with van der Waals surface area (Å²) in [5, 5.41) is 5.41. The van der Waals surface area contributed by atoms with Crippen LogP contribution < -0.4 is 15.4 Å². The molecule has 0 spiro atoms. The number of urea groups is 1. The second-order valence-electron chi connectivity index (χ2n) is 13.4. The monoisotopic (exact) mass is 729 g/mol. The molecular weight excluding hydrogens is 680 g/mol. The van der Waals surface area contributed by atoms with E-state index in [1.165, 1.54) is 47.8 Å². The third-order valence-corrected chi connectivity index (χ3v) is 10.6. The molecule has 0 unspecified atom stereocenters. The van der Waals surface area contributed by atoms with E-state index in [9.17, 15) is 26.8 Å². The molecule has 1 aliphatic heterocycles. The molecule has 4 rings (SSSR count). The maximum Gasteiger partial charge on any atom is 0.323 e. The Balaban J connectivity index is 1.66. The predicted octanol–water partition coefficient (Wildman–Crippen LogP) is 6.29. The summed E-state index contributed by atoms with van der Waals surface area (Å²) in [4.78, 5) is 31.2. The van der Waals surface area contributed by atoms with Crippen LogP contribution in [0.3, 0.4) is 0 Å². The van der Waals surface area contributed by atoms with Crippen LogP contribution in [0.4, 0.5) is 25.0 Å². The van der Waals surface area contributed by atoms with Gasteiger partial charge >= 0.3 is 6.03 Å². The quantitative estimate of drug-likeness (QED) is 0.266. The normalized spacial score (nSPS) is 19.9. The molecule has 3 amide bonds. The van der Waals surface area contributed by atoms with Crippen LogP contribution in [0.2, 0.25) is 0 Å². The fraction of sp³-hybridized carbons (Fsp3) is 0.459. The van der Waals surface area contributed by atoms with Crippen molar-refractivity contribution in [3.63, 3.8) is 0 Å². The summed E-state index contributed by atoms with van der Waals surface area (Å²) in [5.74, 6) is -1.24. The minimum atomic E-state index is -3.95. The molecule has 3 aromatic carbocycles. The van der Waals surface area contributed by atoms with Crippen LogP contribution in [0.25, 0.3) is 0 Å². The number of hydrogen-bond donors (Lipinski definition) is 2. The van der Waals surface area contributed by atoms with Crippen molar-refractivity contribution < 1.29 is 36.3 Å². The number of sulfonamides is 1. The van der Waals surface area contributed by atoms with E-state index >= 15 is 0 Å². The number of hydrogen-bond acceptors (Lipinski definition) is 7. The summed E-state index contributed by atoms with van der Waals surface area (Å²) in [6.07, 6.45) is 1.34. The number of likely N-dealkylation sites (N-methyl/N-ethyl adjacent to an activating group) is 2. The van der Waals surface area contributed by atoms with Crippen molar-refractivity contribution in [2.24, 2.45) is 5.92 Å². The van der Waals surface area contributed by atoms with Crippen molar-refractivity contribution >= 4 is 33.3 Å². The average Bonchev–Trinajstić information content (AvgIpc) is 3.07. The molecule has 0 bridgehead atoms. The molecule has 14 heteroatoms. The molecule has 0 fully saturated rings. The van der Waals surface area contributed by atoms with E-state index in [4.69, 9.17) is 9.47 Å². The molecule has 278 valence electrons. The average molecular weight is 730 g/mol. The van der Waals surface area contributed by atoms with Crippen LogP contribution >= 0.6 is 0 Å². The van der Waals surface area contributed by atoms with Crippen molar-refractivity contribution in [2.75, 3.05) is 58.0 Å². The van der Waals surface area contributed by atoms with Gasteiger partial charge in [0.2, 0.25) is 10.0 Å². The second-order valence-corrected chi connectivity index (χ2v) is 15.5. The second kappa shape index (κ2) is 17.9. The fourth-order valence-corrected chi connectivity index (χ4v) is 7.14. The highest BCUT2D eigenvalue weighted by Gasteiger charge is 2.33. The first-order valence-corrected chi connectivity index (χ1v) is 18.5. The molecule has 4 atom stereocenters. The maximum absolute atomic E-state index is 14.6. The lowest BCUT2D eigenvalue weighted by molar-refractivity contribution is -0.00686. The minimum absolute atomic E-state index is 0.0122. The van der Waals surface area contributed by atoms with Gasteiger partial charge in [0.1, 0.15) is 17.4 Å². The highest BCUT2D eigenvalue weighted by Crippen LogP contribution is 2.29. The zero-order valence-electron chi connectivity index (χ0n) is 30.1. The highest BCUT2D eigenvalue weighted by atomic mass is 32.2. The first kappa shape index (κ1) is 39.7. The largest absolute Gasteiger partial charge is 0.490 e. The van der Waals surface area contributed by atoms with Gasteiger partial charge in [-0.25, -0.2) is 22.0 Å². The molecule has 0 aliphatic carbocycles. The summed E-state index contributed by atoms with van der Waals surface area (Å²) in [5.41, 5.74) is 0.997. The number of nitrogens with one attached hydrogen (secondary N) is 2. The van der Waals surface area contributed by atoms with E-state index < -0.39 is 33.8 Å². The van der Waals surface area contributed by atoms with Gasteiger partial charge in [0.25, 0.3) is 5.91 Å². The number of carbonyl (C=O) groups excluding carboxylic acids is 2. The summed E-state index contributed by atoms with van der Waals surface area (Å²) >= 11 is 0. The van der Waals surface area contributed by atoms with Gasteiger partial charge in [-0.2, -0.15) is 4.31 Å². The molecule has 51 heavy (non-hydrogen) atoms. The Bertz CT molecular complexity index is 1730. The molecule has 1 heterocycles. The molecule has 0 radical (unpaired) electrons. The zero-order chi connectivity index (χ0) is 37.3. The van der Waals surface area contributed by atoms with Crippen LogP contribution in [0.5, 0.6) is 5.75 Å². The summed E-state index contributed by atoms with van der Waals surface area (Å²) in [6.45, 7) is 6.95. The van der Waals surface area contributed by atoms with Crippen molar-refractivity contribution in [2.45, 2.75) is 63.2 Å². The van der Waals surface area contributed by atoms with Crippen LogP contribution in [0, 0.1) is 17.6 Å². The molecule has 0 saturated carbocycles. The number of anilines is 2. The van der Waals surface area contributed by atoms with Crippen molar-refractivity contribution in [3.05, 3.63) is 83.9 Å². The van der Waals surface area contributed by atoms with E-state index in [2.05, 4.69) is 10.6 Å². The Morgan fingerprint density at radius 1 is 0.941 bits per heavy atom. The van der Waals surface area contributed by atoms with Gasteiger partial charge in [-0.15, -0.1) is 0 Å². The molecule has 3 aromatic rings. The minimum Gasteiger partial charge on any atom is -0.490 e. The molecule has 1 aliphatic rings. The van der Waals surface area contributed by atoms with Crippen molar-refractivity contribution in [1.29, 1.82) is 0 Å². The number of ether oxygens (including phenoxy) is 2. The number of carbonyl (C=O) groups is 2. The van der Waals surface area contributed by atoms with Gasteiger partial charge in [-0.3, -0.25) is 4.79 Å². The lowest BCUT2D eigenvalue weighted by atomic mass is 10.0. The number of nitrogens with zero attached hydrogens (tertiary/aromatic N) is 3. The smallest absolute Gasteiger partial charge is 0.323 e. The SMILES string of the molecule is C[C@@H]1CN([C@@H](C)CN(C)C)C(=O)c2cc(NC(=O)Nc3ccc(F)cc3)ccc2O[C@@H](C)CCCCO[C@H]1CN(C)S(=O)(=O)c1ccc(F)cc1. The lowest BCUT2D eigenvalue weighted by Gasteiger charge is -2.37. The first-order valence-electron chi connectivity index (χ1n) is 17.1. The first-order chi connectivity index (χ1) is 24.1. The Hall–Kier alpha value is -4.11. The van der Waals surface area contributed by atoms with Gasteiger partial charge in [0.15, 0.2) is 0 Å². The Labute approximate surface area is 299 Å². The third kappa shape index (κ3) is 11.2. The maximum atomic E-state index is 14.6. The number of rotatable bonds is 9. The van der Waals surface area contributed by atoms with Gasteiger partial charge < -0.3 is 29.9 Å². The summed E-state index contributed by atoms with van der Waals surface area (Å²) in [6, 6.07) is 14.1. The van der Waals surface area contributed by atoms with Gasteiger partial charge in [-0.1, -0.05) is 6.92 Å². The van der Waals surface area contributed by atoms with E-state index in [0.717, 1.165) is 18.6 Å². The predicted molar refractivity (Wildman–Crippen MR) is 194 cm³/mol. The number of benzene rings is 3. The Morgan fingerprint density at radius 2 is 1.55 bits per heavy atom. The van der Waals surface area contributed by atoms with E-state index in [1.807, 2.05) is 39.8 Å².